The van der Waals surface area contributed by atoms with E-state index in [-0.39, 0.29) is 5.57 Å². The highest BCUT2D eigenvalue weighted by Crippen LogP contribution is 2.09. The number of methoxy groups -OCH3 is 1. The Kier molecular flexibility index (Phi) is 4.39. The molecule has 0 bridgehead atoms. The molecule has 1 aromatic rings. The first-order chi connectivity index (χ1) is 8.06. The molecule has 5 heteroatoms. The van der Waals surface area contributed by atoms with Gasteiger partial charge in [-0.2, -0.15) is 0 Å². The second kappa shape index (κ2) is 5.79. The molecule has 0 N–H and O–H groups in total. The third-order valence-corrected chi connectivity index (χ3v) is 1.96. The summed E-state index contributed by atoms with van der Waals surface area (Å²) in [5.41, 5.74) is 0.330. The van der Waals surface area contributed by atoms with Crippen LogP contribution < -0.4 is 0 Å². The highest BCUT2D eigenvalue weighted by atomic mass is 16.5. The van der Waals surface area contributed by atoms with E-state index in [9.17, 15) is 9.59 Å². The van der Waals surface area contributed by atoms with E-state index in [1.54, 1.807) is 37.3 Å². The van der Waals surface area contributed by atoms with Crippen molar-refractivity contribution in [2.45, 2.75) is 0 Å². The first-order valence-corrected chi connectivity index (χ1v) is 4.97. The number of carbonyl (C=O) groups excluding carboxylic acids is 2. The van der Waals surface area contributed by atoms with Crippen molar-refractivity contribution < 1.29 is 14.3 Å². The third-order valence-electron chi connectivity index (χ3n) is 1.96. The van der Waals surface area contributed by atoms with Crippen LogP contribution in [0.3, 0.4) is 0 Å². The lowest BCUT2D eigenvalue weighted by atomic mass is 10.1. The van der Waals surface area contributed by atoms with Gasteiger partial charge in [0.2, 0.25) is 5.78 Å². The van der Waals surface area contributed by atoms with E-state index in [1.807, 2.05) is 0 Å². The summed E-state index contributed by atoms with van der Waals surface area (Å²) in [6, 6.07) is 3.24. The van der Waals surface area contributed by atoms with Gasteiger partial charge in [0.1, 0.15) is 5.57 Å². The van der Waals surface area contributed by atoms with Crippen LogP contribution in [0.4, 0.5) is 0 Å². The molecule has 0 atom stereocenters. The predicted molar refractivity (Wildman–Crippen MR) is 62.4 cm³/mol. The van der Waals surface area contributed by atoms with Crippen molar-refractivity contribution in [2.75, 3.05) is 21.2 Å². The molecule has 0 saturated carbocycles. The zero-order chi connectivity index (χ0) is 12.8. The van der Waals surface area contributed by atoms with E-state index in [0.29, 0.717) is 5.56 Å². The molecule has 0 aromatic carbocycles. The second-order valence-corrected chi connectivity index (χ2v) is 3.57. The van der Waals surface area contributed by atoms with Crippen LogP contribution in [0.1, 0.15) is 10.4 Å². The van der Waals surface area contributed by atoms with Gasteiger partial charge in [-0.3, -0.25) is 9.78 Å². The molecule has 0 aliphatic carbocycles. The lowest BCUT2D eigenvalue weighted by Gasteiger charge is -2.09. The summed E-state index contributed by atoms with van der Waals surface area (Å²) in [4.78, 5) is 29.0. The minimum Gasteiger partial charge on any atom is -0.465 e. The van der Waals surface area contributed by atoms with Crippen molar-refractivity contribution in [3.8, 4) is 0 Å². The van der Waals surface area contributed by atoms with Crippen LogP contribution in [-0.4, -0.2) is 42.8 Å². The van der Waals surface area contributed by atoms with Gasteiger partial charge in [0.25, 0.3) is 0 Å². The maximum absolute atomic E-state index is 12.0. The second-order valence-electron chi connectivity index (χ2n) is 3.57. The lowest BCUT2D eigenvalue weighted by Crippen LogP contribution is -2.18. The van der Waals surface area contributed by atoms with Crippen LogP contribution in [0.5, 0.6) is 0 Å². The number of hydrogen-bond donors (Lipinski definition) is 0. The zero-order valence-corrected chi connectivity index (χ0v) is 10.0. The van der Waals surface area contributed by atoms with E-state index in [4.69, 9.17) is 0 Å². The molecule has 90 valence electrons. The van der Waals surface area contributed by atoms with Gasteiger partial charge in [-0.15, -0.1) is 0 Å². The normalized spacial score (nSPS) is 10.9. The summed E-state index contributed by atoms with van der Waals surface area (Å²) in [7, 11) is 4.68. The molecule has 1 rings (SSSR count). The number of rotatable bonds is 4. The summed E-state index contributed by atoms with van der Waals surface area (Å²) in [6.45, 7) is 0. The van der Waals surface area contributed by atoms with Gasteiger partial charge in [-0.25, -0.2) is 4.79 Å². The van der Waals surface area contributed by atoms with Gasteiger partial charge in [-0.05, 0) is 12.1 Å². The van der Waals surface area contributed by atoms with Crippen molar-refractivity contribution in [2.24, 2.45) is 0 Å². The van der Waals surface area contributed by atoms with Crippen molar-refractivity contribution in [1.29, 1.82) is 0 Å². The highest BCUT2D eigenvalue weighted by molar-refractivity contribution is 6.23. The Morgan fingerprint density at radius 1 is 1.41 bits per heavy atom. The lowest BCUT2D eigenvalue weighted by molar-refractivity contribution is -0.135. The van der Waals surface area contributed by atoms with Crippen molar-refractivity contribution in [3.63, 3.8) is 0 Å². The van der Waals surface area contributed by atoms with Crippen molar-refractivity contribution in [1.82, 2.24) is 9.88 Å². The molecule has 0 unspecified atom stereocenters. The number of aromatic nitrogens is 1. The Hall–Kier alpha value is -2.17. The fourth-order valence-corrected chi connectivity index (χ4v) is 1.22. The number of ether oxygens (including phenoxy) is 1. The Morgan fingerprint density at radius 2 is 2.12 bits per heavy atom. The molecule has 1 aromatic heterocycles. The number of pyridine rings is 1. The maximum Gasteiger partial charge on any atom is 0.343 e. The maximum atomic E-state index is 12.0. The van der Waals surface area contributed by atoms with Gasteiger partial charge < -0.3 is 9.64 Å². The van der Waals surface area contributed by atoms with Crippen molar-refractivity contribution >= 4 is 11.8 Å². The van der Waals surface area contributed by atoms with Crippen LogP contribution in [0.2, 0.25) is 0 Å². The molecular formula is C12H14N2O3. The minimum atomic E-state index is -0.660. The van der Waals surface area contributed by atoms with E-state index in [2.05, 4.69) is 9.72 Å². The monoisotopic (exact) mass is 234 g/mol. The highest BCUT2D eigenvalue weighted by Gasteiger charge is 2.20. The van der Waals surface area contributed by atoms with E-state index < -0.39 is 11.8 Å². The topological polar surface area (TPSA) is 59.5 Å². The number of Topliss-reactive ketones (excluding diaryl/α,β-unsaturated/α-hetero) is 1. The molecule has 0 amide bonds. The summed E-state index contributed by atoms with van der Waals surface area (Å²) >= 11 is 0. The molecule has 0 spiro atoms. The Labute approximate surface area is 99.7 Å². The van der Waals surface area contributed by atoms with Crippen LogP contribution in [0.15, 0.2) is 36.3 Å². The average Bonchev–Trinajstić information content (AvgIpc) is 2.35. The number of ketones is 1. The molecule has 0 aliphatic rings. The predicted octanol–water partition coefficient (Wildman–Crippen LogP) is 0.883. The standard InChI is InChI=1S/C12H14N2O3/c1-14(2)8-10(12(16)17-3)11(15)9-5-4-6-13-7-9/h4-8H,1-3H3. The number of nitrogens with zero attached hydrogens (tertiary/aromatic N) is 2. The minimum absolute atomic E-state index is 0.0227. The molecule has 0 saturated heterocycles. The molecule has 5 nitrogen and oxygen atoms in total. The Bertz CT molecular complexity index is 438. The van der Waals surface area contributed by atoms with Gasteiger partial charge in [0.05, 0.1) is 7.11 Å². The molecule has 1 heterocycles. The third kappa shape index (κ3) is 3.41. The summed E-state index contributed by atoms with van der Waals surface area (Å²) in [5.74, 6) is -1.06. The smallest absolute Gasteiger partial charge is 0.343 e. The Balaban J connectivity index is 3.08. The Morgan fingerprint density at radius 3 is 2.59 bits per heavy atom. The van der Waals surface area contributed by atoms with Crippen LogP contribution in [0.25, 0.3) is 0 Å². The van der Waals surface area contributed by atoms with E-state index in [0.717, 1.165) is 0 Å². The van der Waals surface area contributed by atoms with Gasteiger partial charge >= 0.3 is 5.97 Å². The van der Waals surface area contributed by atoms with Crippen LogP contribution >= 0.6 is 0 Å². The number of esters is 1. The van der Waals surface area contributed by atoms with E-state index >= 15 is 0 Å². The summed E-state index contributed by atoms with van der Waals surface area (Å²) in [5, 5.41) is 0. The van der Waals surface area contributed by atoms with E-state index in [1.165, 1.54) is 19.5 Å². The zero-order valence-electron chi connectivity index (χ0n) is 10.0. The molecule has 0 aliphatic heterocycles. The first kappa shape index (κ1) is 12.9. The van der Waals surface area contributed by atoms with Gasteiger partial charge in [0, 0.05) is 38.3 Å². The van der Waals surface area contributed by atoms with Crippen molar-refractivity contribution in [3.05, 3.63) is 41.9 Å². The van der Waals surface area contributed by atoms with Gasteiger partial charge in [0.15, 0.2) is 0 Å². The molecule has 0 radical (unpaired) electrons. The summed E-state index contributed by atoms with van der Waals surface area (Å²) < 4.78 is 4.58. The van der Waals surface area contributed by atoms with Crippen LogP contribution in [0, 0.1) is 0 Å². The molecular weight excluding hydrogens is 220 g/mol. The SMILES string of the molecule is COC(=O)C(=CN(C)C)C(=O)c1cccnc1. The average molecular weight is 234 g/mol. The quantitative estimate of drug-likeness (QED) is 0.254. The van der Waals surface area contributed by atoms with Crippen LogP contribution in [-0.2, 0) is 9.53 Å². The number of carbonyl (C=O) groups is 2. The first-order valence-electron chi connectivity index (χ1n) is 4.97. The van der Waals surface area contributed by atoms with Gasteiger partial charge in [-0.1, -0.05) is 0 Å². The fourth-order valence-electron chi connectivity index (χ4n) is 1.22. The molecule has 17 heavy (non-hydrogen) atoms. The summed E-state index contributed by atoms with van der Waals surface area (Å²) in [6.07, 6.45) is 4.40. The number of hydrogen-bond acceptors (Lipinski definition) is 5. The fraction of sp³-hybridized carbons (Fsp3) is 0.250. The molecule has 0 fully saturated rings. The largest absolute Gasteiger partial charge is 0.465 e.